The molecular formula is C30H72Si6. The van der Waals surface area contributed by atoms with Crippen molar-refractivity contribution in [2.45, 2.75) is 194 Å². The highest BCUT2D eigenvalue weighted by molar-refractivity contribution is 8.15. The first-order chi connectivity index (χ1) is 16.5. The van der Waals surface area contributed by atoms with E-state index in [1.165, 1.54) is 0 Å². The second kappa shape index (κ2) is 12.0. The maximum atomic E-state index is 2.83. The molecule has 0 radical (unpaired) electrons. The van der Waals surface area contributed by atoms with Gasteiger partial charge in [0.05, 0.1) is 0 Å². The summed E-state index contributed by atoms with van der Waals surface area (Å²) in [6.07, 6.45) is 0. The van der Waals surface area contributed by atoms with E-state index >= 15 is 0 Å². The van der Waals surface area contributed by atoms with Gasteiger partial charge in [-0.3, -0.25) is 0 Å². The highest BCUT2D eigenvalue weighted by Crippen LogP contribution is 2.71. The largest absolute Gasteiger partial charge is 0.0682 e. The van der Waals surface area contributed by atoms with Crippen LogP contribution in [0.4, 0.5) is 0 Å². The van der Waals surface area contributed by atoms with Gasteiger partial charge in [0, 0.05) is 42.7 Å². The Morgan fingerprint density at radius 1 is 0.250 bits per heavy atom. The molecule has 0 amide bonds. The summed E-state index contributed by atoms with van der Waals surface area (Å²) in [4.78, 5) is 0. The van der Waals surface area contributed by atoms with Gasteiger partial charge in [0.15, 0.2) is 0 Å². The fourth-order valence-corrected chi connectivity index (χ4v) is 304. The maximum Gasteiger partial charge on any atom is 0.0404 e. The van der Waals surface area contributed by atoms with Crippen LogP contribution in [0.5, 0.6) is 0 Å². The monoisotopic (exact) mass is 600 g/mol. The van der Waals surface area contributed by atoms with Crippen molar-refractivity contribution >= 4 is 42.7 Å². The van der Waals surface area contributed by atoms with Crippen molar-refractivity contribution < 1.29 is 0 Å². The van der Waals surface area contributed by atoms with Crippen LogP contribution < -0.4 is 0 Å². The molecule has 0 saturated carbocycles. The molecule has 0 spiro atoms. The van der Waals surface area contributed by atoms with Gasteiger partial charge in [-0.1, -0.05) is 194 Å². The predicted molar refractivity (Wildman–Crippen MR) is 188 cm³/mol. The zero-order valence-electron chi connectivity index (χ0n) is 28.7. The molecule has 36 heavy (non-hydrogen) atoms. The van der Waals surface area contributed by atoms with E-state index in [1.807, 2.05) is 0 Å². The second-order valence-electron chi connectivity index (χ2n) is 14.9. The molecule has 1 aliphatic rings. The summed E-state index contributed by atoms with van der Waals surface area (Å²) >= 11 is 0. The van der Waals surface area contributed by atoms with Gasteiger partial charge < -0.3 is 0 Å². The average molecular weight is 601 g/mol. The highest BCUT2D eigenvalue weighted by Gasteiger charge is 2.89. The Balaban J connectivity index is 5.09. The van der Waals surface area contributed by atoms with Crippen LogP contribution in [0, 0.1) is 0 Å². The molecular weight excluding hydrogens is 529 g/mol. The van der Waals surface area contributed by atoms with Crippen molar-refractivity contribution in [3.05, 3.63) is 0 Å². The summed E-state index contributed by atoms with van der Waals surface area (Å²) in [7, 11) is -9.44. The molecule has 0 N–H and O–H groups in total. The molecule has 0 aromatic carbocycles. The molecule has 1 rings (SSSR count). The molecule has 0 bridgehead atoms. The fourth-order valence-electron chi connectivity index (χ4n) is 14.8. The number of hydrogen-bond acceptors (Lipinski definition) is 0. The molecule has 0 aromatic rings. The quantitative estimate of drug-likeness (QED) is 0.195. The minimum absolute atomic E-state index is 0.996. The fraction of sp³-hybridized carbons (Fsp3) is 1.00. The SMILES string of the molecule is CC[Si]1(C(C)C)[Si](CC)(C(C)C)[Si](CC)(C(C)C)[Si](CC)(C(C)C)[Si](CC)(C(C)C)[Si]1(CC)C(C)C. The first-order valence-electron chi connectivity index (χ1n) is 16.5. The minimum Gasteiger partial charge on any atom is -0.0682 e. The van der Waals surface area contributed by atoms with Gasteiger partial charge in [0.1, 0.15) is 0 Å². The van der Waals surface area contributed by atoms with Gasteiger partial charge in [0.25, 0.3) is 0 Å². The Morgan fingerprint density at radius 2 is 0.333 bits per heavy atom. The standard InChI is InChI=1S/C30H72Si6/c1-19-31(25(7)8)32(20-2,26(9)10)34(22-4,28(13)14)36(24-6,30(17)18)35(23-5,29(15)16)33(31,21-3)27(11)12/h25-30H,19-24H2,1-18H3. The van der Waals surface area contributed by atoms with Crippen LogP contribution in [-0.2, 0) is 0 Å². The van der Waals surface area contributed by atoms with E-state index in [-0.39, 0.29) is 0 Å². The molecule has 1 fully saturated rings. The van der Waals surface area contributed by atoms with E-state index in [1.54, 1.807) is 36.3 Å². The Labute approximate surface area is 235 Å². The van der Waals surface area contributed by atoms with Crippen molar-refractivity contribution in [1.82, 2.24) is 0 Å². The summed E-state index contributed by atoms with van der Waals surface area (Å²) < 4.78 is 0. The van der Waals surface area contributed by atoms with Crippen LogP contribution in [0.25, 0.3) is 0 Å². The summed E-state index contributed by atoms with van der Waals surface area (Å²) in [5, 5.41) is 0. The Morgan fingerprint density at radius 3 is 0.361 bits per heavy atom. The maximum absolute atomic E-state index is 2.83. The number of rotatable bonds is 12. The van der Waals surface area contributed by atoms with E-state index in [4.69, 9.17) is 0 Å². The molecule has 1 heterocycles. The van der Waals surface area contributed by atoms with Crippen LogP contribution in [0.1, 0.15) is 125 Å². The topological polar surface area (TPSA) is 0 Å². The Hall–Kier alpha value is 1.30. The lowest BCUT2D eigenvalue weighted by molar-refractivity contribution is 0.921. The summed E-state index contributed by atoms with van der Waals surface area (Å²) in [6, 6.07) is 9.90. The van der Waals surface area contributed by atoms with Gasteiger partial charge in [-0.2, -0.15) is 0 Å². The molecule has 1 saturated heterocycles. The van der Waals surface area contributed by atoms with Crippen molar-refractivity contribution in [3.63, 3.8) is 0 Å². The Kier molecular flexibility index (Phi) is 11.8. The first-order valence-corrected chi connectivity index (χ1v) is 36.2. The van der Waals surface area contributed by atoms with Crippen LogP contribution in [0.3, 0.4) is 0 Å². The molecule has 216 valence electrons. The van der Waals surface area contributed by atoms with Crippen molar-refractivity contribution in [3.8, 4) is 0 Å². The normalized spacial score (nSPS) is 40.0. The summed E-state index contributed by atoms with van der Waals surface area (Å²) in [5.41, 5.74) is 5.98. The third-order valence-electron chi connectivity index (χ3n) is 14.0. The van der Waals surface area contributed by atoms with Crippen molar-refractivity contribution in [2.24, 2.45) is 0 Å². The lowest BCUT2D eigenvalue weighted by Gasteiger charge is -2.85. The predicted octanol–water partition coefficient (Wildman–Crippen LogP) is 11.7. The second-order valence-corrected chi connectivity index (χ2v) is 78.8. The first kappa shape index (κ1) is 35.3. The highest BCUT2D eigenvalue weighted by atomic mass is 30.2. The zero-order chi connectivity index (χ0) is 28.7. The summed E-state index contributed by atoms with van der Waals surface area (Å²) in [6.45, 7) is 50.7. The molecule has 0 aliphatic carbocycles. The van der Waals surface area contributed by atoms with Gasteiger partial charge in [-0.25, -0.2) is 0 Å². The zero-order valence-corrected chi connectivity index (χ0v) is 34.7. The van der Waals surface area contributed by atoms with E-state index in [0.29, 0.717) is 0 Å². The van der Waals surface area contributed by atoms with E-state index in [0.717, 1.165) is 33.2 Å². The Bertz CT molecular complexity index is 541. The van der Waals surface area contributed by atoms with E-state index in [9.17, 15) is 0 Å². The van der Waals surface area contributed by atoms with Crippen molar-refractivity contribution in [1.29, 1.82) is 0 Å². The smallest absolute Gasteiger partial charge is 0.0404 e. The lowest BCUT2D eigenvalue weighted by Crippen LogP contribution is -3.09. The molecule has 0 atom stereocenters. The molecule has 0 unspecified atom stereocenters. The summed E-state index contributed by atoms with van der Waals surface area (Å²) in [5.74, 6) is 0. The van der Waals surface area contributed by atoms with Gasteiger partial charge in [-0.05, 0) is 0 Å². The van der Waals surface area contributed by atoms with Crippen LogP contribution in [0.15, 0.2) is 0 Å². The van der Waals surface area contributed by atoms with E-state index < -0.39 is 42.7 Å². The average Bonchev–Trinajstić information content (AvgIpc) is 2.79. The van der Waals surface area contributed by atoms with Gasteiger partial charge >= 0.3 is 0 Å². The van der Waals surface area contributed by atoms with Gasteiger partial charge in [-0.15, -0.1) is 0 Å². The lowest BCUT2D eigenvalue weighted by atomic mass is 10.6. The molecule has 0 aromatic heterocycles. The molecule has 6 heteroatoms. The van der Waals surface area contributed by atoms with Crippen LogP contribution >= 0.6 is 0 Å². The third kappa shape index (κ3) is 3.48. The number of hydrogen-bond donors (Lipinski definition) is 0. The van der Waals surface area contributed by atoms with Crippen molar-refractivity contribution in [2.75, 3.05) is 0 Å². The van der Waals surface area contributed by atoms with Crippen LogP contribution in [0.2, 0.25) is 69.5 Å². The minimum atomic E-state index is -1.57. The molecule has 0 nitrogen and oxygen atoms in total. The van der Waals surface area contributed by atoms with Gasteiger partial charge in [0.2, 0.25) is 0 Å². The van der Waals surface area contributed by atoms with E-state index in [2.05, 4.69) is 125 Å². The molecule has 1 aliphatic heterocycles. The van der Waals surface area contributed by atoms with Crippen LogP contribution in [-0.4, -0.2) is 42.7 Å². The third-order valence-corrected chi connectivity index (χ3v) is 166.